The van der Waals surface area contributed by atoms with Crippen molar-refractivity contribution in [1.29, 1.82) is 0 Å². The van der Waals surface area contributed by atoms with Crippen molar-refractivity contribution in [3.63, 3.8) is 0 Å². The summed E-state index contributed by atoms with van der Waals surface area (Å²) < 4.78 is 0. The summed E-state index contributed by atoms with van der Waals surface area (Å²) in [5.41, 5.74) is 5.88. The van der Waals surface area contributed by atoms with E-state index in [1.165, 1.54) is 58.4 Å². The van der Waals surface area contributed by atoms with Gasteiger partial charge in [0.1, 0.15) is 0 Å². The smallest absolute Gasteiger partial charge is 0.0113 e. The molecule has 0 spiro atoms. The first-order valence-corrected chi connectivity index (χ1v) is 7.85. The second-order valence-electron chi connectivity index (χ2n) is 6.63. The topological polar surface area (TPSA) is 32.5 Å². The maximum atomic E-state index is 5.88. The summed E-state index contributed by atoms with van der Waals surface area (Å²) in [6.45, 7) is 11.9. The molecule has 1 unspecified atom stereocenters. The molecule has 0 aromatic rings. The van der Waals surface area contributed by atoms with Gasteiger partial charge in [-0.2, -0.15) is 0 Å². The van der Waals surface area contributed by atoms with E-state index in [-0.39, 0.29) is 0 Å². The molecular weight excluding hydrogens is 222 g/mol. The molecular formula is C15H31N3. The van der Waals surface area contributed by atoms with Gasteiger partial charge < -0.3 is 10.6 Å². The van der Waals surface area contributed by atoms with Crippen LogP contribution in [0.25, 0.3) is 0 Å². The predicted molar refractivity (Wildman–Crippen MR) is 77.7 cm³/mol. The lowest BCUT2D eigenvalue weighted by Crippen LogP contribution is -2.47. The van der Waals surface area contributed by atoms with Crippen LogP contribution in [-0.4, -0.2) is 55.1 Å². The van der Waals surface area contributed by atoms with Crippen LogP contribution in [-0.2, 0) is 0 Å². The van der Waals surface area contributed by atoms with Crippen LogP contribution in [0, 0.1) is 11.8 Å². The van der Waals surface area contributed by atoms with Crippen molar-refractivity contribution in [2.45, 2.75) is 45.6 Å². The molecule has 1 saturated carbocycles. The molecule has 3 nitrogen and oxygen atoms in total. The molecule has 1 aliphatic heterocycles. The molecule has 2 N–H and O–H groups in total. The number of nitrogens with zero attached hydrogens (tertiary/aromatic N) is 2. The zero-order chi connectivity index (χ0) is 13.0. The fourth-order valence-corrected chi connectivity index (χ4v) is 3.16. The van der Waals surface area contributed by atoms with Gasteiger partial charge in [-0.05, 0) is 50.6 Å². The number of nitrogens with two attached hydrogens (primary N) is 1. The van der Waals surface area contributed by atoms with Crippen LogP contribution in [0.5, 0.6) is 0 Å². The Hall–Kier alpha value is -0.120. The third-order valence-corrected chi connectivity index (χ3v) is 4.46. The second-order valence-corrected chi connectivity index (χ2v) is 6.63. The van der Waals surface area contributed by atoms with Crippen molar-refractivity contribution in [1.82, 2.24) is 9.80 Å². The Kier molecular flexibility index (Phi) is 5.46. The molecule has 1 aliphatic carbocycles. The van der Waals surface area contributed by atoms with E-state index in [2.05, 4.69) is 23.6 Å². The van der Waals surface area contributed by atoms with Gasteiger partial charge in [-0.3, -0.25) is 4.90 Å². The highest BCUT2D eigenvalue weighted by Crippen LogP contribution is 2.27. The third kappa shape index (κ3) is 4.52. The Morgan fingerprint density at radius 2 is 1.78 bits per heavy atom. The Labute approximate surface area is 113 Å². The lowest BCUT2D eigenvalue weighted by Gasteiger charge is -2.35. The Bertz CT molecular complexity index is 230. The summed E-state index contributed by atoms with van der Waals surface area (Å²) in [6.07, 6.45) is 5.48. The minimum absolute atomic E-state index is 0.728. The van der Waals surface area contributed by atoms with Gasteiger partial charge in [-0.25, -0.2) is 0 Å². The van der Waals surface area contributed by atoms with Gasteiger partial charge in [0.15, 0.2) is 0 Å². The van der Waals surface area contributed by atoms with E-state index in [4.69, 9.17) is 5.73 Å². The predicted octanol–water partition coefficient (Wildman–Crippen LogP) is 1.78. The van der Waals surface area contributed by atoms with Crippen LogP contribution in [0.3, 0.4) is 0 Å². The van der Waals surface area contributed by atoms with E-state index in [9.17, 15) is 0 Å². The second kappa shape index (κ2) is 6.88. The van der Waals surface area contributed by atoms with E-state index in [0.717, 1.165) is 24.4 Å². The van der Waals surface area contributed by atoms with Crippen molar-refractivity contribution in [2.75, 3.05) is 39.3 Å². The lowest BCUT2D eigenvalue weighted by atomic mass is 9.94. The van der Waals surface area contributed by atoms with Crippen molar-refractivity contribution in [2.24, 2.45) is 17.6 Å². The molecule has 106 valence electrons. The van der Waals surface area contributed by atoms with Crippen molar-refractivity contribution < 1.29 is 0 Å². The van der Waals surface area contributed by atoms with Crippen LogP contribution in [0.1, 0.15) is 39.5 Å². The molecule has 1 heterocycles. The molecule has 0 radical (unpaired) electrons. The maximum Gasteiger partial charge on any atom is 0.0113 e. The van der Waals surface area contributed by atoms with Gasteiger partial charge in [0, 0.05) is 32.2 Å². The lowest BCUT2D eigenvalue weighted by molar-refractivity contribution is 0.120. The van der Waals surface area contributed by atoms with Crippen LogP contribution in [0.2, 0.25) is 0 Å². The van der Waals surface area contributed by atoms with Crippen molar-refractivity contribution >= 4 is 0 Å². The summed E-state index contributed by atoms with van der Waals surface area (Å²) in [6, 6.07) is 0.949. The minimum atomic E-state index is 0.728. The number of hydrogen-bond acceptors (Lipinski definition) is 3. The van der Waals surface area contributed by atoms with E-state index in [1.807, 2.05) is 0 Å². The average Bonchev–Trinajstić information content (AvgIpc) is 3.19. The van der Waals surface area contributed by atoms with Gasteiger partial charge in [-0.1, -0.05) is 13.8 Å². The molecule has 2 rings (SSSR count). The van der Waals surface area contributed by atoms with Crippen molar-refractivity contribution in [3.8, 4) is 0 Å². The number of piperazine rings is 1. The standard InChI is InChI=1S/C15H31N3/c1-13(2)11-14(12-16)5-6-17-7-9-18(10-8-17)15-3-4-15/h13-15H,3-12,16H2,1-2H3. The number of hydrogen-bond donors (Lipinski definition) is 1. The van der Waals surface area contributed by atoms with Gasteiger partial charge in [0.2, 0.25) is 0 Å². The summed E-state index contributed by atoms with van der Waals surface area (Å²) in [7, 11) is 0. The van der Waals surface area contributed by atoms with Crippen LogP contribution in [0.15, 0.2) is 0 Å². The molecule has 2 fully saturated rings. The third-order valence-electron chi connectivity index (χ3n) is 4.46. The Morgan fingerprint density at radius 1 is 1.11 bits per heavy atom. The molecule has 3 heteroatoms. The van der Waals surface area contributed by atoms with Gasteiger partial charge in [0.25, 0.3) is 0 Å². The molecule has 1 atom stereocenters. The highest BCUT2D eigenvalue weighted by Gasteiger charge is 2.31. The first-order chi connectivity index (χ1) is 8.69. The summed E-state index contributed by atoms with van der Waals surface area (Å²) >= 11 is 0. The van der Waals surface area contributed by atoms with Crippen LogP contribution >= 0.6 is 0 Å². The van der Waals surface area contributed by atoms with Gasteiger partial charge >= 0.3 is 0 Å². The zero-order valence-corrected chi connectivity index (χ0v) is 12.3. The largest absolute Gasteiger partial charge is 0.330 e. The summed E-state index contributed by atoms with van der Waals surface area (Å²) in [5.74, 6) is 1.51. The van der Waals surface area contributed by atoms with E-state index in [0.29, 0.717) is 0 Å². The Morgan fingerprint density at radius 3 is 2.28 bits per heavy atom. The molecule has 1 saturated heterocycles. The summed E-state index contributed by atoms with van der Waals surface area (Å²) in [4.78, 5) is 5.33. The molecule has 0 aromatic heterocycles. The highest BCUT2D eigenvalue weighted by atomic mass is 15.3. The number of rotatable bonds is 7. The molecule has 0 bridgehead atoms. The van der Waals surface area contributed by atoms with E-state index >= 15 is 0 Å². The zero-order valence-electron chi connectivity index (χ0n) is 12.3. The normalized spacial score (nSPS) is 24.7. The maximum absolute atomic E-state index is 5.88. The quantitative estimate of drug-likeness (QED) is 0.750. The highest BCUT2D eigenvalue weighted by molar-refractivity contribution is 4.87. The fraction of sp³-hybridized carbons (Fsp3) is 1.00. The first-order valence-electron chi connectivity index (χ1n) is 7.85. The van der Waals surface area contributed by atoms with Crippen LogP contribution < -0.4 is 5.73 Å². The molecule has 2 aliphatic rings. The van der Waals surface area contributed by atoms with Gasteiger partial charge in [-0.15, -0.1) is 0 Å². The van der Waals surface area contributed by atoms with Crippen molar-refractivity contribution in [3.05, 3.63) is 0 Å². The SMILES string of the molecule is CC(C)CC(CN)CCN1CCN(C2CC2)CC1. The average molecular weight is 253 g/mol. The van der Waals surface area contributed by atoms with E-state index in [1.54, 1.807) is 0 Å². The summed E-state index contributed by atoms with van der Waals surface area (Å²) in [5, 5.41) is 0. The first kappa shape index (κ1) is 14.3. The monoisotopic (exact) mass is 253 g/mol. The molecule has 0 aromatic carbocycles. The minimum Gasteiger partial charge on any atom is -0.330 e. The molecule has 0 amide bonds. The fourth-order valence-electron chi connectivity index (χ4n) is 3.16. The molecule has 18 heavy (non-hydrogen) atoms. The van der Waals surface area contributed by atoms with Gasteiger partial charge in [0.05, 0.1) is 0 Å². The van der Waals surface area contributed by atoms with E-state index < -0.39 is 0 Å². The Balaban J connectivity index is 1.61. The van der Waals surface area contributed by atoms with Crippen LogP contribution in [0.4, 0.5) is 0 Å².